The summed E-state index contributed by atoms with van der Waals surface area (Å²) in [6, 6.07) is 0. The number of aromatic nitrogens is 3. The summed E-state index contributed by atoms with van der Waals surface area (Å²) in [7, 11) is 0. The number of halogens is 2. The van der Waals surface area contributed by atoms with E-state index in [1.54, 1.807) is 6.20 Å². The van der Waals surface area contributed by atoms with E-state index in [-0.39, 0.29) is 0 Å². The molecule has 0 radical (unpaired) electrons. The fourth-order valence-electron chi connectivity index (χ4n) is 1.15. The maximum atomic E-state index is 5.99. The molecule has 15 heavy (non-hydrogen) atoms. The molecule has 0 fully saturated rings. The van der Waals surface area contributed by atoms with E-state index >= 15 is 0 Å². The van der Waals surface area contributed by atoms with Crippen LogP contribution in [0.25, 0.3) is 10.8 Å². The average molecular weight is 260 g/mol. The topological polar surface area (TPSA) is 38.7 Å². The molecule has 0 amide bonds. The summed E-state index contributed by atoms with van der Waals surface area (Å²) < 4.78 is 0. The zero-order chi connectivity index (χ0) is 10.8. The maximum Gasteiger partial charge on any atom is 0.191 e. The third-order valence-electron chi connectivity index (χ3n) is 1.88. The zero-order valence-electron chi connectivity index (χ0n) is 7.87. The second-order valence-corrected chi connectivity index (χ2v) is 4.41. The summed E-state index contributed by atoms with van der Waals surface area (Å²) in [4.78, 5) is 12.4. The van der Waals surface area contributed by atoms with Gasteiger partial charge in [-0.1, -0.05) is 30.1 Å². The number of nitrogens with zero attached hydrogens (tertiary/aromatic N) is 3. The van der Waals surface area contributed by atoms with Crippen LogP contribution in [0.2, 0.25) is 10.3 Å². The molecule has 6 heteroatoms. The summed E-state index contributed by atoms with van der Waals surface area (Å²) in [5.41, 5.74) is 0.777. The van der Waals surface area contributed by atoms with Gasteiger partial charge in [0.25, 0.3) is 0 Å². The Morgan fingerprint density at radius 3 is 2.40 bits per heavy atom. The highest BCUT2D eigenvalue weighted by molar-refractivity contribution is 7.13. The Kier molecular flexibility index (Phi) is 3.19. The van der Waals surface area contributed by atoms with Crippen molar-refractivity contribution in [2.24, 2.45) is 0 Å². The van der Waals surface area contributed by atoms with Crippen LogP contribution in [0.5, 0.6) is 0 Å². The van der Waals surface area contributed by atoms with Crippen molar-refractivity contribution in [1.82, 2.24) is 15.0 Å². The van der Waals surface area contributed by atoms with Crippen LogP contribution in [0.3, 0.4) is 0 Å². The molecule has 2 aromatic heterocycles. The number of rotatable bonds is 2. The average Bonchev–Trinajstić information content (AvgIpc) is 2.69. The lowest BCUT2D eigenvalue weighted by atomic mass is 10.3. The highest BCUT2D eigenvalue weighted by Crippen LogP contribution is 2.26. The van der Waals surface area contributed by atoms with Gasteiger partial charge < -0.3 is 0 Å². The Labute approximate surface area is 101 Å². The van der Waals surface area contributed by atoms with Crippen molar-refractivity contribution in [2.45, 2.75) is 13.3 Å². The van der Waals surface area contributed by atoms with E-state index in [0.29, 0.717) is 16.1 Å². The van der Waals surface area contributed by atoms with Crippen molar-refractivity contribution in [2.75, 3.05) is 0 Å². The van der Waals surface area contributed by atoms with Crippen LogP contribution < -0.4 is 0 Å². The lowest BCUT2D eigenvalue weighted by Crippen LogP contribution is -1.96. The first-order valence-electron chi connectivity index (χ1n) is 4.34. The number of hydrogen-bond donors (Lipinski definition) is 0. The standard InChI is InChI=1S/C9H7Cl2N3S/c1-2-5-6(10)13-8(14-7(5)11)9-12-3-4-15-9/h3-4H,2H2,1H3. The van der Waals surface area contributed by atoms with Crippen molar-refractivity contribution in [1.29, 1.82) is 0 Å². The number of hydrogen-bond acceptors (Lipinski definition) is 4. The Balaban J connectivity index is 2.53. The molecule has 0 atom stereocenters. The van der Waals surface area contributed by atoms with Crippen LogP contribution in [0, 0.1) is 0 Å². The molecule has 3 nitrogen and oxygen atoms in total. The molecule has 0 unspecified atom stereocenters. The van der Waals surface area contributed by atoms with E-state index in [1.165, 1.54) is 11.3 Å². The molecule has 2 heterocycles. The van der Waals surface area contributed by atoms with Gasteiger partial charge in [0, 0.05) is 17.1 Å². The van der Waals surface area contributed by atoms with Crippen molar-refractivity contribution >= 4 is 34.5 Å². The van der Waals surface area contributed by atoms with Crippen molar-refractivity contribution in [3.63, 3.8) is 0 Å². The molecule has 0 saturated carbocycles. The quantitative estimate of drug-likeness (QED) is 0.776. The van der Waals surface area contributed by atoms with Gasteiger partial charge in [0.1, 0.15) is 10.3 Å². The third kappa shape index (κ3) is 2.12. The van der Waals surface area contributed by atoms with E-state index in [9.17, 15) is 0 Å². The lowest BCUT2D eigenvalue weighted by molar-refractivity contribution is 1.05. The molecule has 0 bridgehead atoms. The minimum atomic E-state index is 0.405. The third-order valence-corrected chi connectivity index (χ3v) is 3.28. The molecule has 0 N–H and O–H groups in total. The monoisotopic (exact) mass is 259 g/mol. The molecule has 78 valence electrons. The Morgan fingerprint density at radius 2 is 1.93 bits per heavy atom. The van der Waals surface area contributed by atoms with E-state index < -0.39 is 0 Å². The molecule has 2 rings (SSSR count). The minimum absolute atomic E-state index is 0.405. The van der Waals surface area contributed by atoms with E-state index in [2.05, 4.69) is 15.0 Å². The predicted octanol–water partition coefficient (Wildman–Crippen LogP) is 3.47. The van der Waals surface area contributed by atoms with Crippen LogP contribution in [0.4, 0.5) is 0 Å². The summed E-state index contributed by atoms with van der Waals surface area (Å²) in [5, 5.41) is 3.39. The highest BCUT2D eigenvalue weighted by Gasteiger charge is 2.12. The van der Waals surface area contributed by atoms with Crippen molar-refractivity contribution in [3.8, 4) is 10.8 Å². The van der Waals surface area contributed by atoms with Gasteiger partial charge in [-0.05, 0) is 6.42 Å². The zero-order valence-corrected chi connectivity index (χ0v) is 10.2. The Hall–Kier alpha value is -0.710. The van der Waals surface area contributed by atoms with Gasteiger partial charge in [0.05, 0.1) is 0 Å². The summed E-state index contributed by atoms with van der Waals surface area (Å²) in [6.07, 6.45) is 2.41. The molecule has 2 aromatic rings. The first-order valence-corrected chi connectivity index (χ1v) is 5.97. The van der Waals surface area contributed by atoms with Crippen LogP contribution >= 0.6 is 34.5 Å². The van der Waals surface area contributed by atoms with E-state index in [1.807, 2.05) is 12.3 Å². The first-order chi connectivity index (χ1) is 7.22. The number of thiazole rings is 1. The fourth-order valence-corrected chi connectivity index (χ4v) is 2.38. The normalized spacial score (nSPS) is 10.6. The smallest absolute Gasteiger partial charge is 0.191 e. The predicted molar refractivity (Wildman–Crippen MR) is 62.5 cm³/mol. The van der Waals surface area contributed by atoms with E-state index in [0.717, 1.165) is 17.0 Å². The van der Waals surface area contributed by atoms with Gasteiger partial charge in [-0.2, -0.15) is 0 Å². The van der Waals surface area contributed by atoms with Crippen LogP contribution in [-0.2, 0) is 6.42 Å². The molecule has 0 aliphatic rings. The molecule has 0 saturated heterocycles. The van der Waals surface area contributed by atoms with Gasteiger partial charge >= 0.3 is 0 Å². The summed E-state index contributed by atoms with van der Waals surface area (Å²) in [6.45, 7) is 1.96. The van der Waals surface area contributed by atoms with Crippen molar-refractivity contribution in [3.05, 3.63) is 27.4 Å². The van der Waals surface area contributed by atoms with Crippen LogP contribution in [0.15, 0.2) is 11.6 Å². The first kappa shape index (κ1) is 10.8. The van der Waals surface area contributed by atoms with Gasteiger partial charge in [0.15, 0.2) is 10.8 Å². The minimum Gasteiger partial charge on any atom is -0.241 e. The molecule has 0 aliphatic carbocycles. The fraction of sp³-hybridized carbons (Fsp3) is 0.222. The highest BCUT2D eigenvalue weighted by atomic mass is 35.5. The van der Waals surface area contributed by atoms with Crippen LogP contribution in [0.1, 0.15) is 12.5 Å². The summed E-state index contributed by atoms with van der Waals surface area (Å²) in [5.74, 6) is 0.484. The Bertz CT molecular complexity index is 447. The maximum absolute atomic E-state index is 5.99. The van der Waals surface area contributed by atoms with Crippen molar-refractivity contribution < 1.29 is 0 Å². The second kappa shape index (κ2) is 4.43. The van der Waals surface area contributed by atoms with Crippen LogP contribution in [-0.4, -0.2) is 15.0 Å². The van der Waals surface area contributed by atoms with Gasteiger partial charge in [0.2, 0.25) is 0 Å². The molecular formula is C9H7Cl2N3S. The second-order valence-electron chi connectivity index (χ2n) is 2.80. The largest absolute Gasteiger partial charge is 0.241 e. The van der Waals surface area contributed by atoms with Gasteiger partial charge in [-0.25, -0.2) is 15.0 Å². The molecule has 0 aromatic carbocycles. The summed E-state index contributed by atoms with van der Waals surface area (Å²) >= 11 is 13.4. The van der Waals surface area contributed by atoms with E-state index in [4.69, 9.17) is 23.2 Å². The SMILES string of the molecule is CCc1c(Cl)nc(-c2nccs2)nc1Cl. The van der Waals surface area contributed by atoms with Gasteiger partial charge in [-0.15, -0.1) is 11.3 Å². The molecule has 0 spiro atoms. The Morgan fingerprint density at radius 1 is 1.27 bits per heavy atom. The molecular weight excluding hydrogens is 253 g/mol. The van der Waals surface area contributed by atoms with Gasteiger partial charge in [-0.3, -0.25) is 0 Å². The molecule has 0 aliphatic heterocycles. The lowest BCUT2D eigenvalue weighted by Gasteiger charge is -2.03.